The molecule has 30 heavy (non-hydrogen) atoms. The highest BCUT2D eigenvalue weighted by Crippen LogP contribution is 2.31. The van der Waals surface area contributed by atoms with E-state index >= 15 is 0 Å². The van der Waals surface area contributed by atoms with Crippen molar-refractivity contribution in [2.45, 2.75) is 6.92 Å². The smallest absolute Gasteiger partial charge is 0.203 e. The van der Waals surface area contributed by atoms with Crippen molar-refractivity contribution in [1.82, 2.24) is 24.8 Å². The number of pyridine rings is 1. The SMILES string of the molecule is COc1ccc(-c2nnc(-c3cccnc3)n2Nc2nc3c(C)cccc3s2)cc1. The first-order valence-corrected chi connectivity index (χ1v) is 10.2. The maximum Gasteiger partial charge on any atom is 0.203 e. The van der Waals surface area contributed by atoms with Gasteiger partial charge < -0.3 is 4.74 Å². The normalized spacial score (nSPS) is 11.0. The number of benzene rings is 2. The van der Waals surface area contributed by atoms with Gasteiger partial charge in [-0.15, -0.1) is 10.2 Å². The average Bonchev–Trinajstić information content (AvgIpc) is 3.39. The van der Waals surface area contributed by atoms with Gasteiger partial charge in [-0.1, -0.05) is 23.5 Å². The van der Waals surface area contributed by atoms with Crippen molar-refractivity contribution in [2.75, 3.05) is 12.5 Å². The van der Waals surface area contributed by atoms with Crippen LogP contribution in [0.5, 0.6) is 5.75 Å². The number of hydrogen-bond donors (Lipinski definition) is 1. The van der Waals surface area contributed by atoms with Gasteiger partial charge in [-0.3, -0.25) is 10.4 Å². The number of fused-ring (bicyclic) bond motifs is 1. The van der Waals surface area contributed by atoms with E-state index in [0.717, 1.165) is 37.8 Å². The fraction of sp³-hybridized carbons (Fsp3) is 0.0909. The van der Waals surface area contributed by atoms with E-state index in [0.29, 0.717) is 11.6 Å². The van der Waals surface area contributed by atoms with Gasteiger partial charge in [0, 0.05) is 23.5 Å². The molecule has 0 aliphatic heterocycles. The molecule has 0 unspecified atom stereocenters. The van der Waals surface area contributed by atoms with Crippen molar-refractivity contribution in [3.8, 4) is 28.5 Å². The predicted molar refractivity (Wildman–Crippen MR) is 119 cm³/mol. The second kappa shape index (κ2) is 7.57. The zero-order valence-corrected chi connectivity index (χ0v) is 17.2. The van der Waals surface area contributed by atoms with Gasteiger partial charge in [0.15, 0.2) is 11.6 Å². The molecule has 3 heterocycles. The Morgan fingerprint density at radius 1 is 0.933 bits per heavy atom. The molecule has 2 aromatic carbocycles. The fourth-order valence-corrected chi connectivity index (χ4v) is 4.16. The molecule has 7 nitrogen and oxygen atoms in total. The van der Waals surface area contributed by atoms with E-state index in [-0.39, 0.29) is 0 Å². The van der Waals surface area contributed by atoms with E-state index in [1.165, 1.54) is 0 Å². The van der Waals surface area contributed by atoms with Crippen LogP contribution in [0.25, 0.3) is 33.0 Å². The Balaban J connectivity index is 1.63. The molecule has 148 valence electrons. The van der Waals surface area contributed by atoms with Crippen LogP contribution in [0, 0.1) is 6.92 Å². The number of para-hydroxylation sites is 1. The Morgan fingerprint density at radius 2 is 1.73 bits per heavy atom. The Morgan fingerprint density at radius 3 is 2.43 bits per heavy atom. The lowest BCUT2D eigenvalue weighted by atomic mass is 10.2. The summed E-state index contributed by atoms with van der Waals surface area (Å²) in [4.78, 5) is 9.00. The van der Waals surface area contributed by atoms with Gasteiger partial charge in [-0.25, -0.2) is 9.66 Å². The Kier molecular flexibility index (Phi) is 4.61. The van der Waals surface area contributed by atoms with E-state index in [1.54, 1.807) is 30.8 Å². The molecule has 3 aromatic heterocycles. The van der Waals surface area contributed by atoms with Gasteiger partial charge in [0.05, 0.1) is 17.3 Å². The Labute approximate surface area is 177 Å². The summed E-state index contributed by atoms with van der Waals surface area (Å²) in [5.41, 5.74) is 7.30. The predicted octanol–water partition coefficient (Wildman–Crippen LogP) is 4.81. The van der Waals surface area contributed by atoms with Gasteiger partial charge in [0.1, 0.15) is 5.75 Å². The molecular formula is C22H18N6OS. The van der Waals surface area contributed by atoms with Gasteiger partial charge in [0.2, 0.25) is 5.13 Å². The van der Waals surface area contributed by atoms with Crippen molar-refractivity contribution < 1.29 is 4.74 Å². The topological polar surface area (TPSA) is 77.8 Å². The Bertz CT molecular complexity index is 1310. The molecule has 0 aliphatic rings. The molecule has 0 bridgehead atoms. The second-order valence-corrected chi connectivity index (χ2v) is 7.74. The summed E-state index contributed by atoms with van der Waals surface area (Å²) in [6.07, 6.45) is 3.50. The zero-order valence-electron chi connectivity index (χ0n) is 16.4. The summed E-state index contributed by atoms with van der Waals surface area (Å²) < 4.78 is 8.25. The molecule has 1 N–H and O–H groups in total. The molecule has 0 radical (unpaired) electrons. The number of ether oxygens (including phenoxy) is 1. The van der Waals surface area contributed by atoms with Crippen LogP contribution >= 0.6 is 11.3 Å². The maximum absolute atomic E-state index is 5.28. The largest absolute Gasteiger partial charge is 0.497 e. The number of aromatic nitrogens is 5. The third kappa shape index (κ3) is 3.27. The van der Waals surface area contributed by atoms with E-state index in [9.17, 15) is 0 Å². The van der Waals surface area contributed by atoms with Crippen molar-refractivity contribution in [2.24, 2.45) is 0 Å². The number of nitrogens with one attached hydrogen (secondary N) is 1. The number of anilines is 1. The minimum absolute atomic E-state index is 0.657. The second-order valence-electron chi connectivity index (χ2n) is 6.71. The lowest BCUT2D eigenvalue weighted by Crippen LogP contribution is -2.12. The fourth-order valence-electron chi connectivity index (χ4n) is 3.23. The van der Waals surface area contributed by atoms with Crippen molar-refractivity contribution in [3.05, 3.63) is 72.6 Å². The summed E-state index contributed by atoms with van der Waals surface area (Å²) in [6.45, 7) is 2.06. The van der Waals surface area contributed by atoms with Crippen LogP contribution in [0.4, 0.5) is 5.13 Å². The summed E-state index contributed by atoms with van der Waals surface area (Å²) in [5.74, 6) is 2.12. The first-order valence-electron chi connectivity index (χ1n) is 9.36. The summed E-state index contributed by atoms with van der Waals surface area (Å²) in [6, 6.07) is 17.7. The highest BCUT2D eigenvalue weighted by atomic mass is 32.1. The van der Waals surface area contributed by atoms with E-state index in [2.05, 4.69) is 39.7 Å². The summed E-state index contributed by atoms with van der Waals surface area (Å²) in [5, 5.41) is 9.64. The van der Waals surface area contributed by atoms with Crippen molar-refractivity contribution in [3.63, 3.8) is 0 Å². The molecule has 5 rings (SSSR count). The molecule has 0 aliphatic carbocycles. The highest BCUT2D eigenvalue weighted by molar-refractivity contribution is 7.22. The van der Waals surface area contributed by atoms with Gasteiger partial charge >= 0.3 is 0 Å². The average molecular weight is 414 g/mol. The molecule has 8 heteroatoms. The lowest BCUT2D eigenvalue weighted by molar-refractivity contribution is 0.415. The van der Waals surface area contributed by atoms with Crippen LogP contribution in [0.15, 0.2) is 67.0 Å². The van der Waals surface area contributed by atoms with Gasteiger partial charge in [0.25, 0.3) is 0 Å². The highest BCUT2D eigenvalue weighted by Gasteiger charge is 2.18. The van der Waals surface area contributed by atoms with Crippen LogP contribution < -0.4 is 10.2 Å². The lowest BCUT2D eigenvalue weighted by Gasteiger charge is -2.11. The van der Waals surface area contributed by atoms with Crippen LogP contribution in [0.2, 0.25) is 0 Å². The minimum atomic E-state index is 0.657. The van der Waals surface area contributed by atoms with Crippen LogP contribution in [-0.2, 0) is 0 Å². The number of hydrogen-bond acceptors (Lipinski definition) is 7. The first kappa shape index (κ1) is 18.3. The Hall–Kier alpha value is -3.78. The van der Waals surface area contributed by atoms with Crippen molar-refractivity contribution in [1.29, 1.82) is 0 Å². The summed E-state index contributed by atoms with van der Waals surface area (Å²) >= 11 is 1.59. The molecule has 0 spiro atoms. The van der Waals surface area contributed by atoms with Crippen molar-refractivity contribution >= 4 is 26.7 Å². The molecule has 0 amide bonds. The number of aryl methyl sites for hydroxylation is 1. The molecule has 0 fully saturated rings. The monoisotopic (exact) mass is 414 g/mol. The quantitative estimate of drug-likeness (QED) is 0.445. The van der Waals surface area contributed by atoms with Crippen LogP contribution in [0.3, 0.4) is 0 Å². The third-order valence-electron chi connectivity index (χ3n) is 4.76. The standard InChI is InChI=1S/C22H18N6OS/c1-14-5-3-7-18-19(14)24-22(30-18)27-28-20(15-8-10-17(29-2)11-9-15)25-26-21(28)16-6-4-12-23-13-16/h3-13H,1-2H3,(H,24,27). The number of nitrogens with zero attached hydrogens (tertiary/aromatic N) is 5. The number of thiazole rings is 1. The van der Waals surface area contributed by atoms with Gasteiger partial charge in [-0.05, 0) is 55.0 Å². The van der Waals surface area contributed by atoms with E-state index in [1.807, 2.05) is 47.1 Å². The molecule has 0 saturated heterocycles. The molecule has 0 atom stereocenters. The van der Waals surface area contributed by atoms with E-state index < -0.39 is 0 Å². The third-order valence-corrected chi connectivity index (χ3v) is 5.68. The number of rotatable bonds is 5. The zero-order chi connectivity index (χ0) is 20.5. The summed E-state index contributed by atoms with van der Waals surface area (Å²) in [7, 11) is 1.65. The van der Waals surface area contributed by atoms with Crippen LogP contribution in [0.1, 0.15) is 5.56 Å². The first-order chi connectivity index (χ1) is 14.7. The van der Waals surface area contributed by atoms with E-state index in [4.69, 9.17) is 9.72 Å². The molecule has 5 aromatic rings. The van der Waals surface area contributed by atoms with Crippen LogP contribution in [-0.4, -0.2) is 32.0 Å². The number of methoxy groups -OCH3 is 1. The van der Waals surface area contributed by atoms with Gasteiger partial charge in [-0.2, -0.15) is 0 Å². The maximum atomic E-state index is 5.28. The molecule has 0 saturated carbocycles. The molecular weight excluding hydrogens is 396 g/mol. The minimum Gasteiger partial charge on any atom is -0.497 e.